The van der Waals surface area contributed by atoms with E-state index in [0.29, 0.717) is 0 Å². The normalized spacial score (nSPS) is 12.9. The first-order valence-electron chi connectivity index (χ1n) is 4.11. The maximum absolute atomic E-state index is 12.4. The Kier molecular flexibility index (Phi) is 3.23. The van der Waals surface area contributed by atoms with Crippen molar-refractivity contribution in [2.75, 3.05) is 0 Å². The molecule has 1 nitrogen and oxygen atoms in total. The molecular formula is C10H13FO. The summed E-state index contributed by atoms with van der Waals surface area (Å²) in [6, 6.07) is 6.38. The number of hydrogen-bond acceptors (Lipinski definition) is 1. The van der Waals surface area contributed by atoms with Crippen LogP contribution in [0.1, 0.15) is 18.9 Å². The van der Waals surface area contributed by atoms with Crippen molar-refractivity contribution < 1.29 is 9.50 Å². The molecule has 0 aliphatic rings. The van der Waals surface area contributed by atoms with E-state index in [9.17, 15) is 4.39 Å². The van der Waals surface area contributed by atoms with Crippen LogP contribution >= 0.6 is 0 Å². The lowest BCUT2D eigenvalue weighted by Gasteiger charge is -2.03. The molecule has 0 heterocycles. The molecule has 0 radical (unpaired) electrons. The average molecular weight is 168 g/mol. The van der Waals surface area contributed by atoms with E-state index in [0.717, 1.165) is 18.4 Å². The van der Waals surface area contributed by atoms with E-state index in [1.165, 1.54) is 12.1 Å². The Hall–Kier alpha value is -0.890. The fraction of sp³-hybridized carbons (Fsp3) is 0.400. The Labute approximate surface area is 71.9 Å². The van der Waals surface area contributed by atoms with E-state index in [1.54, 1.807) is 19.1 Å². The predicted octanol–water partition coefficient (Wildman–Crippen LogP) is 2.14. The molecule has 0 aromatic heterocycles. The van der Waals surface area contributed by atoms with E-state index in [4.69, 9.17) is 5.11 Å². The van der Waals surface area contributed by atoms with Gasteiger partial charge in [0.1, 0.15) is 5.82 Å². The van der Waals surface area contributed by atoms with Crippen LogP contribution < -0.4 is 0 Å². The standard InChI is InChI=1S/C10H13FO/c1-8(12)2-3-9-4-6-10(11)7-5-9/h4-8,12H,2-3H2,1H3/t8-/m1/s1. The van der Waals surface area contributed by atoms with Crippen LogP contribution in [0.4, 0.5) is 4.39 Å². The topological polar surface area (TPSA) is 20.2 Å². The van der Waals surface area contributed by atoms with Crippen molar-refractivity contribution in [2.45, 2.75) is 25.9 Å². The monoisotopic (exact) mass is 168 g/mol. The quantitative estimate of drug-likeness (QED) is 0.733. The highest BCUT2D eigenvalue weighted by atomic mass is 19.1. The van der Waals surface area contributed by atoms with Crippen LogP contribution in [-0.2, 0) is 6.42 Å². The van der Waals surface area contributed by atoms with Gasteiger partial charge in [0.2, 0.25) is 0 Å². The van der Waals surface area contributed by atoms with Crippen LogP contribution in [0.25, 0.3) is 0 Å². The zero-order valence-electron chi connectivity index (χ0n) is 7.13. The van der Waals surface area contributed by atoms with Crippen molar-refractivity contribution in [1.29, 1.82) is 0 Å². The third kappa shape index (κ3) is 3.01. The minimum atomic E-state index is -0.282. The number of halogens is 1. The molecule has 0 aliphatic carbocycles. The first kappa shape index (κ1) is 9.20. The van der Waals surface area contributed by atoms with Crippen LogP contribution in [0, 0.1) is 5.82 Å². The van der Waals surface area contributed by atoms with Crippen LogP contribution in [0.15, 0.2) is 24.3 Å². The molecule has 0 saturated heterocycles. The predicted molar refractivity (Wildman–Crippen MR) is 46.4 cm³/mol. The van der Waals surface area contributed by atoms with Crippen LogP contribution in [0.5, 0.6) is 0 Å². The zero-order valence-corrected chi connectivity index (χ0v) is 7.13. The summed E-state index contributed by atoms with van der Waals surface area (Å²) in [4.78, 5) is 0. The average Bonchev–Trinajstić information content (AvgIpc) is 2.03. The summed E-state index contributed by atoms with van der Waals surface area (Å²) < 4.78 is 12.4. The van der Waals surface area contributed by atoms with Crippen LogP contribution in [0.2, 0.25) is 0 Å². The summed E-state index contributed by atoms with van der Waals surface area (Å²) in [6.45, 7) is 1.75. The zero-order chi connectivity index (χ0) is 8.97. The highest BCUT2D eigenvalue weighted by Gasteiger charge is 1.97. The molecule has 0 fully saturated rings. The van der Waals surface area contributed by atoms with E-state index in [-0.39, 0.29) is 11.9 Å². The van der Waals surface area contributed by atoms with Crippen LogP contribution in [-0.4, -0.2) is 11.2 Å². The maximum Gasteiger partial charge on any atom is 0.123 e. The van der Waals surface area contributed by atoms with Gasteiger partial charge in [-0.05, 0) is 37.5 Å². The van der Waals surface area contributed by atoms with Gasteiger partial charge in [0.25, 0.3) is 0 Å². The van der Waals surface area contributed by atoms with Gasteiger partial charge >= 0.3 is 0 Å². The molecular weight excluding hydrogens is 155 g/mol. The lowest BCUT2D eigenvalue weighted by atomic mass is 10.1. The SMILES string of the molecule is C[C@@H](O)CCc1ccc(F)cc1. The number of hydrogen-bond donors (Lipinski definition) is 1. The first-order valence-corrected chi connectivity index (χ1v) is 4.11. The molecule has 1 atom stereocenters. The molecule has 1 N–H and O–H groups in total. The van der Waals surface area contributed by atoms with Crippen molar-refractivity contribution in [2.24, 2.45) is 0 Å². The van der Waals surface area contributed by atoms with E-state index in [1.807, 2.05) is 0 Å². The Bertz CT molecular complexity index is 228. The second kappa shape index (κ2) is 4.21. The molecule has 66 valence electrons. The van der Waals surface area contributed by atoms with Gasteiger partial charge in [-0.25, -0.2) is 4.39 Å². The van der Waals surface area contributed by atoms with Crippen molar-refractivity contribution in [3.05, 3.63) is 35.6 Å². The van der Waals surface area contributed by atoms with Crippen LogP contribution in [0.3, 0.4) is 0 Å². The van der Waals surface area contributed by atoms with Gasteiger partial charge < -0.3 is 5.11 Å². The fourth-order valence-corrected chi connectivity index (χ4v) is 1.03. The summed E-state index contributed by atoms with van der Waals surface area (Å²) in [7, 11) is 0. The highest BCUT2D eigenvalue weighted by Crippen LogP contribution is 2.06. The smallest absolute Gasteiger partial charge is 0.123 e. The first-order chi connectivity index (χ1) is 5.68. The minimum absolute atomic E-state index is 0.212. The molecule has 0 amide bonds. The lowest BCUT2D eigenvalue weighted by Crippen LogP contribution is -2.01. The number of aryl methyl sites for hydroxylation is 1. The number of rotatable bonds is 3. The minimum Gasteiger partial charge on any atom is -0.393 e. The summed E-state index contributed by atoms with van der Waals surface area (Å²) in [5.41, 5.74) is 1.07. The Morgan fingerprint density at radius 1 is 1.33 bits per heavy atom. The molecule has 2 heteroatoms. The highest BCUT2D eigenvalue weighted by molar-refractivity contribution is 5.16. The summed E-state index contributed by atoms with van der Waals surface area (Å²) in [5, 5.41) is 8.99. The van der Waals surface area contributed by atoms with Gasteiger partial charge in [0.15, 0.2) is 0 Å². The molecule has 0 aliphatic heterocycles. The van der Waals surface area contributed by atoms with Gasteiger partial charge in [-0.2, -0.15) is 0 Å². The molecule has 0 unspecified atom stereocenters. The second-order valence-electron chi connectivity index (χ2n) is 3.01. The molecule has 1 rings (SSSR count). The van der Waals surface area contributed by atoms with Crippen molar-refractivity contribution in [1.82, 2.24) is 0 Å². The van der Waals surface area contributed by atoms with E-state index >= 15 is 0 Å². The van der Waals surface area contributed by atoms with Gasteiger partial charge in [-0.3, -0.25) is 0 Å². The van der Waals surface area contributed by atoms with Gasteiger partial charge in [0.05, 0.1) is 6.10 Å². The summed E-state index contributed by atoms with van der Waals surface area (Å²) in [6.07, 6.45) is 1.25. The van der Waals surface area contributed by atoms with Crippen molar-refractivity contribution in [3.63, 3.8) is 0 Å². The Morgan fingerprint density at radius 3 is 2.42 bits per heavy atom. The van der Waals surface area contributed by atoms with Crippen molar-refractivity contribution >= 4 is 0 Å². The summed E-state index contributed by atoms with van der Waals surface area (Å²) >= 11 is 0. The van der Waals surface area contributed by atoms with E-state index < -0.39 is 0 Å². The molecule has 0 bridgehead atoms. The number of aliphatic hydroxyl groups excluding tert-OH is 1. The van der Waals surface area contributed by atoms with E-state index in [2.05, 4.69) is 0 Å². The Morgan fingerprint density at radius 2 is 1.92 bits per heavy atom. The molecule has 0 spiro atoms. The third-order valence-corrected chi connectivity index (χ3v) is 1.76. The lowest BCUT2D eigenvalue weighted by molar-refractivity contribution is 0.185. The molecule has 12 heavy (non-hydrogen) atoms. The van der Waals surface area contributed by atoms with Gasteiger partial charge in [-0.15, -0.1) is 0 Å². The van der Waals surface area contributed by atoms with Gasteiger partial charge in [0, 0.05) is 0 Å². The molecule has 1 aromatic rings. The van der Waals surface area contributed by atoms with Crippen molar-refractivity contribution in [3.8, 4) is 0 Å². The fourth-order valence-electron chi connectivity index (χ4n) is 1.03. The molecule has 0 saturated carbocycles. The maximum atomic E-state index is 12.4. The third-order valence-electron chi connectivity index (χ3n) is 1.76. The number of benzene rings is 1. The number of aliphatic hydroxyl groups is 1. The van der Waals surface area contributed by atoms with Gasteiger partial charge in [-0.1, -0.05) is 12.1 Å². The molecule has 1 aromatic carbocycles. The largest absolute Gasteiger partial charge is 0.393 e. The Balaban J connectivity index is 2.48. The summed E-state index contributed by atoms with van der Waals surface area (Å²) in [5.74, 6) is -0.212. The second-order valence-corrected chi connectivity index (χ2v) is 3.01.